The Labute approximate surface area is 130 Å². The predicted octanol–water partition coefficient (Wildman–Crippen LogP) is 0.435. The van der Waals surface area contributed by atoms with Gasteiger partial charge in [-0.2, -0.15) is 4.98 Å². The number of fused-ring (bicyclic) bond motifs is 1. The van der Waals surface area contributed by atoms with Gasteiger partial charge in [0, 0.05) is 0 Å². The van der Waals surface area contributed by atoms with Crippen molar-refractivity contribution in [3.8, 4) is 11.5 Å². The summed E-state index contributed by atoms with van der Waals surface area (Å²) in [4.78, 5) is 15.7. The third-order valence-corrected chi connectivity index (χ3v) is 3.76. The lowest BCUT2D eigenvalue weighted by Gasteiger charge is -2.26. The highest BCUT2D eigenvalue weighted by molar-refractivity contribution is 7.99. The van der Waals surface area contributed by atoms with Crippen LogP contribution in [0.15, 0.2) is 29.4 Å². The molecule has 0 saturated carbocycles. The molecule has 8 nitrogen and oxygen atoms in total. The molecule has 22 heavy (non-hydrogen) atoms. The summed E-state index contributed by atoms with van der Waals surface area (Å²) < 4.78 is 11.3. The second-order valence-corrected chi connectivity index (χ2v) is 5.54. The van der Waals surface area contributed by atoms with Crippen molar-refractivity contribution in [3.05, 3.63) is 24.3 Å². The Hall–Kier alpha value is -2.42. The third-order valence-electron chi connectivity index (χ3n) is 2.91. The zero-order valence-corrected chi connectivity index (χ0v) is 12.4. The third kappa shape index (κ3) is 3.61. The number of rotatable bonds is 5. The number of H-pyrrole nitrogens is 1. The number of nitrogens with zero attached hydrogens (tertiary/aromatic N) is 2. The fourth-order valence-electron chi connectivity index (χ4n) is 1.90. The normalized spacial score (nSPS) is 16.3. The molecule has 0 aliphatic carbocycles. The van der Waals surface area contributed by atoms with Crippen LogP contribution in [0.4, 0.5) is 5.95 Å². The molecule has 1 aromatic heterocycles. The van der Waals surface area contributed by atoms with Crippen molar-refractivity contribution in [1.82, 2.24) is 20.5 Å². The molecular formula is C13H15N5O3S. The van der Waals surface area contributed by atoms with E-state index in [1.165, 1.54) is 11.8 Å². The van der Waals surface area contributed by atoms with Gasteiger partial charge >= 0.3 is 0 Å². The lowest BCUT2D eigenvalue weighted by Crippen LogP contribution is -2.41. The van der Waals surface area contributed by atoms with Gasteiger partial charge < -0.3 is 20.5 Å². The summed E-state index contributed by atoms with van der Waals surface area (Å²) >= 11 is 1.21. The Morgan fingerprint density at radius 3 is 3.05 bits per heavy atom. The summed E-state index contributed by atoms with van der Waals surface area (Å²) in [5, 5.41) is 9.59. The second-order valence-electron chi connectivity index (χ2n) is 4.59. The van der Waals surface area contributed by atoms with Crippen LogP contribution in [-0.4, -0.2) is 46.1 Å². The number of nitrogens with two attached hydrogens (primary N) is 1. The molecule has 1 aliphatic rings. The SMILES string of the molecule is Nc1nc(SCC(=O)NC[C@@H]2COc3ccccc3O2)n[nH]1. The number of para-hydroxylation sites is 2. The number of anilines is 1. The first kappa shape index (κ1) is 14.5. The summed E-state index contributed by atoms with van der Waals surface area (Å²) in [5.74, 6) is 1.73. The van der Waals surface area contributed by atoms with Crippen LogP contribution in [0, 0.1) is 0 Å². The minimum absolute atomic E-state index is 0.129. The van der Waals surface area contributed by atoms with Gasteiger partial charge in [0.05, 0.1) is 12.3 Å². The molecule has 3 rings (SSSR count). The number of amides is 1. The number of ether oxygens (including phenoxy) is 2. The van der Waals surface area contributed by atoms with E-state index in [9.17, 15) is 4.79 Å². The van der Waals surface area contributed by atoms with Gasteiger partial charge in [-0.1, -0.05) is 23.9 Å². The molecule has 0 unspecified atom stereocenters. The summed E-state index contributed by atoms with van der Waals surface area (Å²) in [6.45, 7) is 0.783. The predicted molar refractivity (Wildman–Crippen MR) is 80.9 cm³/mol. The lowest BCUT2D eigenvalue weighted by atomic mass is 10.2. The maximum Gasteiger partial charge on any atom is 0.230 e. The first-order valence-corrected chi connectivity index (χ1v) is 7.65. The first-order chi connectivity index (χ1) is 10.7. The minimum atomic E-state index is -0.206. The summed E-state index contributed by atoms with van der Waals surface area (Å²) in [6.07, 6.45) is -0.206. The van der Waals surface area contributed by atoms with Gasteiger partial charge in [-0.15, -0.1) is 5.10 Å². The molecule has 0 bridgehead atoms. The summed E-state index contributed by atoms with van der Waals surface area (Å²) in [5.41, 5.74) is 5.41. The molecule has 4 N–H and O–H groups in total. The van der Waals surface area contributed by atoms with Crippen molar-refractivity contribution in [1.29, 1.82) is 0 Å². The molecule has 116 valence electrons. The molecule has 2 heterocycles. The average molecular weight is 321 g/mol. The number of benzene rings is 1. The van der Waals surface area contributed by atoms with Crippen LogP contribution in [0.5, 0.6) is 11.5 Å². The Balaban J connectivity index is 1.42. The van der Waals surface area contributed by atoms with Crippen LogP contribution in [-0.2, 0) is 4.79 Å². The van der Waals surface area contributed by atoms with Crippen LogP contribution in [0.2, 0.25) is 0 Å². The highest BCUT2D eigenvalue weighted by Gasteiger charge is 2.21. The highest BCUT2D eigenvalue weighted by Crippen LogP contribution is 2.30. The molecular weight excluding hydrogens is 306 g/mol. The largest absolute Gasteiger partial charge is 0.486 e. The van der Waals surface area contributed by atoms with Crippen molar-refractivity contribution in [2.75, 3.05) is 24.6 Å². The number of aromatic amines is 1. The van der Waals surface area contributed by atoms with E-state index in [-0.39, 0.29) is 23.7 Å². The second kappa shape index (κ2) is 6.56. The molecule has 0 spiro atoms. The number of hydrogen-bond acceptors (Lipinski definition) is 7. The van der Waals surface area contributed by atoms with Crippen molar-refractivity contribution >= 4 is 23.6 Å². The van der Waals surface area contributed by atoms with Crippen LogP contribution in [0.1, 0.15) is 0 Å². The fourth-order valence-corrected chi connectivity index (χ4v) is 2.53. The first-order valence-electron chi connectivity index (χ1n) is 6.66. The lowest BCUT2D eigenvalue weighted by molar-refractivity contribution is -0.119. The number of hydrogen-bond donors (Lipinski definition) is 3. The molecule has 1 aliphatic heterocycles. The maximum atomic E-state index is 11.8. The molecule has 2 aromatic rings. The van der Waals surface area contributed by atoms with E-state index in [4.69, 9.17) is 15.2 Å². The van der Waals surface area contributed by atoms with E-state index in [1.54, 1.807) is 0 Å². The van der Waals surface area contributed by atoms with Crippen molar-refractivity contribution in [3.63, 3.8) is 0 Å². The van der Waals surface area contributed by atoms with Crippen LogP contribution >= 0.6 is 11.8 Å². The van der Waals surface area contributed by atoms with E-state index < -0.39 is 0 Å². The number of carbonyl (C=O) groups is 1. The Morgan fingerprint density at radius 2 is 2.27 bits per heavy atom. The van der Waals surface area contributed by atoms with E-state index in [2.05, 4.69) is 20.5 Å². The molecule has 0 saturated heterocycles. The average Bonchev–Trinajstić information content (AvgIpc) is 2.96. The topological polar surface area (TPSA) is 115 Å². The summed E-state index contributed by atoms with van der Waals surface area (Å²) in [6, 6.07) is 7.45. The molecule has 0 radical (unpaired) electrons. The van der Waals surface area contributed by atoms with Gasteiger partial charge in [-0.05, 0) is 12.1 Å². The van der Waals surface area contributed by atoms with Crippen molar-refractivity contribution in [2.45, 2.75) is 11.3 Å². The standard InChI is InChI=1S/C13H15N5O3S/c14-12-16-13(18-17-12)22-7-11(19)15-5-8-6-20-9-3-1-2-4-10(9)21-8/h1-4,8H,5-7H2,(H,15,19)(H3,14,16,17,18)/t8-/m1/s1. The van der Waals surface area contributed by atoms with Crippen LogP contribution < -0.4 is 20.5 Å². The van der Waals surface area contributed by atoms with E-state index in [0.717, 1.165) is 5.75 Å². The number of nitrogen functional groups attached to an aromatic ring is 1. The number of carbonyl (C=O) groups excluding carboxylic acids is 1. The molecule has 1 aromatic carbocycles. The Kier molecular flexibility index (Phi) is 4.33. The van der Waals surface area contributed by atoms with E-state index in [1.807, 2.05) is 24.3 Å². The fraction of sp³-hybridized carbons (Fsp3) is 0.308. The maximum absolute atomic E-state index is 11.8. The Morgan fingerprint density at radius 1 is 1.45 bits per heavy atom. The number of thioether (sulfide) groups is 1. The number of aromatic nitrogens is 3. The van der Waals surface area contributed by atoms with Gasteiger partial charge in [0.1, 0.15) is 12.7 Å². The monoisotopic (exact) mass is 321 g/mol. The smallest absolute Gasteiger partial charge is 0.230 e. The van der Waals surface area contributed by atoms with Gasteiger partial charge in [-0.3, -0.25) is 4.79 Å². The Bertz CT molecular complexity index is 663. The summed E-state index contributed by atoms with van der Waals surface area (Å²) in [7, 11) is 0. The van der Waals surface area contributed by atoms with Gasteiger partial charge in [0.25, 0.3) is 0 Å². The number of nitrogens with one attached hydrogen (secondary N) is 2. The van der Waals surface area contributed by atoms with E-state index >= 15 is 0 Å². The molecule has 1 atom stereocenters. The zero-order valence-electron chi connectivity index (χ0n) is 11.6. The molecule has 9 heteroatoms. The highest BCUT2D eigenvalue weighted by atomic mass is 32.2. The van der Waals surface area contributed by atoms with E-state index in [0.29, 0.717) is 24.1 Å². The van der Waals surface area contributed by atoms with Gasteiger partial charge in [0.15, 0.2) is 11.5 Å². The van der Waals surface area contributed by atoms with Gasteiger partial charge in [-0.25, -0.2) is 5.10 Å². The van der Waals surface area contributed by atoms with Crippen LogP contribution in [0.3, 0.4) is 0 Å². The molecule has 1 amide bonds. The van der Waals surface area contributed by atoms with Crippen LogP contribution in [0.25, 0.3) is 0 Å². The van der Waals surface area contributed by atoms with Gasteiger partial charge in [0.2, 0.25) is 17.0 Å². The quantitative estimate of drug-likeness (QED) is 0.684. The van der Waals surface area contributed by atoms with Crippen molar-refractivity contribution < 1.29 is 14.3 Å². The molecule has 0 fully saturated rings. The zero-order chi connectivity index (χ0) is 15.4. The minimum Gasteiger partial charge on any atom is -0.486 e. The van der Waals surface area contributed by atoms with Crippen molar-refractivity contribution in [2.24, 2.45) is 0 Å².